The average Bonchev–Trinajstić information content (AvgIpc) is 2.47. The molecule has 1 aliphatic rings. The zero-order valence-electron chi connectivity index (χ0n) is 14.5. The normalized spacial score (nSPS) is 18.4. The molecule has 0 atom stereocenters. The van der Waals surface area contributed by atoms with Crippen LogP contribution in [0.4, 0.5) is 0 Å². The third kappa shape index (κ3) is 3.33. The van der Waals surface area contributed by atoms with Gasteiger partial charge in [0.2, 0.25) is 0 Å². The number of ketones is 1. The zero-order chi connectivity index (χ0) is 16.3. The molecule has 1 aromatic rings. The molecule has 0 unspecified atom stereocenters. The van der Waals surface area contributed by atoms with Gasteiger partial charge < -0.3 is 4.90 Å². The van der Waals surface area contributed by atoms with Crippen LogP contribution in [0.1, 0.15) is 51.7 Å². The molecule has 0 radical (unpaired) electrons. The van der Waals surface area contributed by atoms with Crippen molar-refractivity contribution < 1.29 is 4.79 Å². The van der Waals surface area contributed by atoms with Gasteiger partial charge >= 0.3 is 0 Å². The van der Waals surface area contributed by atoms with E-state index < -0.39 is 0 Å². The van der Waals surface area contributed by atoms with Crippen LogP contribution in [0.3, 0.4) is 0 Å². The average molecular weight is 299 g/mol. The van der Waals surface area contributed by atoms with E-state index in [2.05, 4.69) is 56.5 Å². The highest BCUT2D eigenvalue weighted by Crippen LogP contribution is 2.39. The SMILES string of the molecule is C=C(C)Cc1ccccc1C1(C(C)=O)CCN(C(C)C)CC1. The summed E-state index contributed by atoms with van der Waals surface area (Å²) in [6, 6.07) is 9.00. The van der Waals surface area contributed by atoms with Gasteiger partial charge in [0.15, 0.2) is 0 Å². The minimum absolute atomic E-state index is 0.308. The van der Waals surface area contributed by atoms with E-state index in [9.17, 15) is 4.79 Å². The first-order chi connectivity index (χ1) is 10.4. The van der Waals surface area contributed by atoms with Crippen molar-refractivity contribution in [1.29, 1.82) is 0 Å². The van der Waals surface area contributed by atoms with Crippen molar-refractivity contribution in [1.82, 2.24) is 4.90 Å². The Hall–Kier alpha value is -1.41. The molecule has 1 fully saturated rings. The maximum Gasteiger partial charge on any atom is 0.140 e. The van der Waals surface area contributed by atoms with Crippen molar-refractivity contribution in [2.45, 2.75) is 58.4 Å². The Morgan fingerprint density at radius 3 is 2.32 bits per heavy atom. The van der Waals surface area contributed by atoms with Crippen molar-refractivity contribution in [3.05, 3.63) is 47.5 Å². The number of piperidine rings is 1. The highest BCUT2D eigenvalue weighted by atomic mass is 16.1. The van der Waals surface area contributed by atoms with Crippen LogP contribution in [-0.2, 0) is 16.6 Å². The summed E-state index contributed by atoms with van der Waals surface area (Å²) in [6.45, 7) is 14.3. The number of allylic oxidation sites excluding steroid dienone is 1. The molecule has 0 bridgehead atoms. The summed E-state index contributed by atoms with van der Waals surface area (Å²) in [5.74, 6) is 0.310. The van der Waals surface area contributed by atoms with Gasteiger partial charge in [0.05, 0.1) is 5.41 Å². The highest BCUT2D eigenvalue weighted by Gasteiger charge is 2.41. The van der Waals surface area contributed by atoms with E-state index in [0.29, 0.717) is 11.8 Å². The Bertz CT molecular complexity index is 551. The van der Waals surface area contributed by atoms with Crippen LogP contribution >= 0.6 is 0 Å². The lowest BCUT2D eigenvalue weighted by Gasteiger charge is -2.43. The predicted octanol–water partition coefficient (Wildman–Crippen LogP) is 4.14. The fourth-order valence-electron chi connectivity index (χ4n) is 3.70. The van der Waals surface area contributed by atoms with E-state index >= 15 is 0 Å². The summed E-state index contributed by atoms with van der Waals surface area (Å²) in [7, 11) is 0. The van der Waals surface area contributed by atoms with Gasteiger partial charge in [0.1, 0.15) is 5.78 Å². The van der Waals surface area contributed by atoms with E-state index in [4.69, 9.17) is 0 Å². The second-order valence-corrected chi connectivity index (χ2v) is 7.06. The maximum absolute atomic E-state index is 12.6. The molecule has 2 rings (SSSR count). The lowest BCUT2D eigenvalue weighted by atomic mass is 9.68. The van der Waals surface area contributed by atoms with Crippen LogP contribution in [0.2, 0.25) is 0 Å². The lowest BCUT2D eigenvalue weighted by molar-refractivity contribution is -0.124. The van der Waals surface area contributed by atoms with Gasteiger partial charge in [-0.15, -0.1) is 0 Å². The quantitative estimate of drug-likeness (QED) is 0.762. The van der Waals surface area contributed by atoms with Gasteiger partial charge in [-0.25, -0.2) is 0 Å². The molecule has 2 nitrogen and oxygen atoms in total. The second-order valence-electron chi connectivity index (χ2n) is 7.06. The summed E-state index contributed by atoms with van der Waals surface area (Å²) >= 11 is 0. The van der Waals surface area contributed by atoms with Crippen molar-refractivity contribution >= 4 is 5.78 Å². The van der Waals surface area contributed by atoms with Crippen LogP contribution in [-0.4, -0.2) is 29.8 Å². The minimum atomic E-state index is -0.308. The summed E-state index contributed by atoms with van der Waals surface area (Å²) in [6.07, 6.45) is 2.71. The smallest absolute Gasteiger partial charge is 0.140 e. The molecule has 2 heteroatoms. The van der Waals surface area contributed by atoms with Crippen molar-refractivity contribution in [3.63, 3.8) is 0 Å². The number of carbonyl (C=O) groups is 1. The number of nitrogens with zero attached hydrogens (tertiary/aromatic N) is 1. The van der Waals surface area contributed by atoms with Crippen LogP contribution in [0, 0.1) is 0 Å². The zero-order valence-corrected chi connectivity index (χ0v) is 14.5. The van der Waals surface area contributed by atoms with Crippen LogP contribution < -0.4 is 0 Å². The first kappa shape index (κ1) is 17.0. The van der Waals surface area contributed by atoms with Gasteiger partial charge in [-0.2, -0.15) is 0 Å². The Balaban J connectivity index is 2.38. The Kier molecular flexibility index (Phi) is 5.23. The summed E-state index contributed by atoms with van der Waals surface area (Å²) < 4.78 is 0. The number of carbonyl (C=O) groups excluding carboxylic acids is 1. The molecule has 0 spiro atoms. The molecular formula is C20H29NO. The van der Waals surface area contributed by atoms with Crippen molar-refractivity contribution in [2.24, 2.45) is 0 Å². The number of hydrogen-bond acceptors (Lipinski definition) is 2. The molecule has 0 amide bonds. The molecule has 1 saturated heterocycles. The molecule has 1 aromatic carbocycles. The van der Waals surface area contributed by atoms with E-state index in [0.717, 1.165) is 37.9 Å². The molecule has 0 N–H and O–H groups in total. The number of rotatable bonds is 5. The first-order valence-corrected chi connectivity index (χ1v) is 8.34. The monoisotopic (exact) mass is 299 g/mol. The van der Waals surface area contributed by atoms with Crippen molar-refractivity contribution in [2.75, 3.05) is 13.1 Å². The molecule has 1 heterocycles. The fourth-order valence-corrected chi connectivity index (χ4v) is 3.70. The molecule has 1 aliphatic heterocycles. The third-order valence-corrected chi connectivity index (χ3v) is 5.08. The Labute approximate surface area is 135 Å². The molecule has 0 aliphatic carbocycles. The van der Waals surface area contributed by atoms with E-state index in [1.807, 2.05) is 0 Å². The number of benzene rings is 1. The Morgan fingerprint density at radius 1 is 1.23 bits per heavy atom. The number of likely N-dealkylation sites (tertiary alicyclic amines) is 1. The maximum atomic E-state index is 12.6. The van der Waals surface area contributed by atoms with Gasteiger partial charge in [-0.3, -0.25) is 4.79 Å². The molecular weight excluding hydrogens is 270 g/mol. The van der Waals surface area contributed by atoms with E-state index in [1.54, 1.807) is 6.92 Å². The molecule has 0 saturated carbocycles. The standard InChI is InChI=1S/C20H29NO/c1-15(2)14-18-8-6-7-9-19(18)20(17(5)22)10-12-21(13-11-20)16(3)4/h6-9,16H,1,10-14H2,2-5H3. The number of Topliss-reactive ketones (excluding diaryl/α,β-unsaturated/α-hetero) is 1. The van der Waals surface area contributed by atoms with Gasteiger partial charge in [0, 0.05) is 6.04 Å². The van der Waals surface area contributed by atoms with Crippen LogP contribution in [0.5, 0.6) is 0 Å². The predicted molar refractivity (Wildman–Crippen MR) is 93.3 cm³/mol. The largest absolute Gasteiger partial charge is 0.301 e. The third-order valence-electron chi connectivity index (χ3n) is 5.08. The fraction of sp³-hybridized carbons (Fsp3) is 0.550. The van der Waals surface area contributed by atoms with Crippen LogP contribution in [0.15, 0.2) is 36.4 Å². The second kappa shape index (κ2) is 6.78. The Morgan fingerprint density at radius 2 is 1.82 bits per heavy atom. The molecule has 120 valence electrons. The first-order valence-electron chi connectivity index (χ1n) is 8.34. The molecule has 0 aromatic heterocycles. The number of hydrogen-bond donors (Lipinski definition) is 0. The lowest BCUT2D eigenvalue weighted by Crippen LogP contribution is -2.48. The van der Waals surface area contributed by atoms with Gasteiger partial charge in [-0.1, -0.05) is 36.4 Å². The topological polar surface area (TPSA) is 20.3 Å². The highest BCUT2D eigenvalue weighted by molar-refractivity contribution is 5.88. The van der Waals surface area contributed by atoms with E-state index in [1.165, 1.54) is 11.1 Å². The van der Waals surface area contributed by atoms with Gasteiger partial charge in [-0.05, 0) is 71.2 Å². The summed E-state index contributed by atoms with van der Waals surface area (Å²) in [4.78, 5) is 15.1. The van der Waals surface area contributed by atoms with Gasteiger partial charge in [0.25, 0.3) is 0 Å². The molecule has 22 heavy (non-hydrogen) atoms. The summed E-state index contributed by atoms with van der Waals surface area (Å²) in [5.41, 5.74) is 3.33. The van der Waals surface area contributed by atoms with Crippen LogP contribution in [0.25, 0.3) is 0 Å². The summed E-state index contributed by atoms with van der Waals surface area (Å²) in [5, 5.41) is 0. The minimum Gasteiger partial charge on any atom is -0.301 e. The van der Waals surface area contributed by atoms with Crippen molar-refractivity contribution in [3.8, 4) is 0 Å². The van der Waals surface area contributed by atoms with E-state index in [-0.39, 0.29) is 5.41 Å².